The Hall–Kier alpha value is -0.600. The summed E-state index contributed by atoms with van der Waals surface area (Å²) in [5, 5.41) is 4.07. The highest BCUT2D eigenvalue weighted by atomic mass is 35.5. The lowest BCUT2D eigenvalue weighted by Gasteiger charge is -2.35. The second-order valence-electron chi connectivity index (χ2n) is 6.75. The molecule has 1 atom stereocenters. The molecule has 0 aliphatic rings. The van der Waals surface area contributed by atoms with Crippen LogP contribution < -0.4 is 5.32 Å². The zero-order chi connectivity index (χ0) is 15.3. The van der Waals surface area contributed by atoms with Gasteiger partial charge in [-0.05, 0) is 47.9 Å². The van der Waals surface area contributed by atoms with E-state index in [4.69, 9.17) is 11.6 Å². The molecule has 1 aromatic carbocycles. The molecule has 0 bridgehead atoms. The highest BCUT2D eigenvalue weighted by Gasteiger charge is 2.29. The molecule has 1 nitrogen and oxygen atoms in total. The van der Waals surface area contributed by atoms with E-state index in [0.29, 0.717) is 16.9 Å². The van der Waals surface area contributed by atoms with Gasteiger partial charge in [0.25, 0.3) is 0 Å². The van der Waals surface area contributed by atoms with Gasteiger partial charge in [0.2, 0.25) is 0 Å². The Morgan fingerprint density at radius 1 is 1.25 bits per heavy atom. The topological polar surface area (TPSA) is 12.0 Å². The third kappa shape index (κ3) is 5.06. The Kier molecular flexibility index (Phi) is 6.47. The summed E-state index contributed by atoms with van der Waals surface area (Å²) in [5.74, 6) is 0.882. The predicted molar refractivity (Wildman–Crippen MR) is 85.8 cm³/mol. The molecule has 3 heteroatoms. The molecule has 0 saturated carbocycles. The summed E-state index contributed by atoms with van der Waals surface area (Å²) in [7, 11) is 0. The number of halogens is 2. The van der Waals surface area contributed by atoms with Crippen molar-refractivity contribution in [1.29, 1.82) is 0 Å². The second kappa shape index (κ2) is 7.42. The molecule has 0 fully saturated rings. The van der Waals surface area contributed by atoms with Gasteiger partial charge in [-0.3, -0.25) is 0 Å². The Bertz CT molecular complexity index is 431. The molecule has 0 radical (unpaired) electrons. The molecule has 0 aliphatic carbocycles. The van der Waals surface area contributed by atoms with E-state index >= 15 is 0 Å². The molecule has 20 heavy (non-hydrogen) atoms. The van der Waals surface area contributed by atoms with E-state index < -0.39 is 0 Å². The van der Waals surface area contributed by atoms with Crippen molar-refractivity contribution in [1.82, 2.24) is 5.32 Å². The molecule has 0 amide bonds. The van der Waals surface area contributed by atoms with Gasteiger partial charge in [0.05, 0.1) is 0 Å². The van der Waals surface area contributed by atoms with Crippen molar-refractivity contribution >= 4 is 11.6 Å². The van der Waals surface area contributed by atoms with E-state index in [1.165, 1.54) is 12.1 Å². The fourth-order valence-electron chi connectivity index (χ4n) is 2.22. The molecule has 0 spiro atoms. The lowest BCUT2D eigenvalue weighted by Crippen LogP contribution is -2.39. The van der Waals surface area contributed by atoms with Crippen molar-refractivity contribution in [3.8, 4) is 0 Å². The van der Waals surface area contributed by atoms with Crippen LogP contribution in [0.5, 0.6) is 0 Å². The Morgan fingerprint density at radius 2 is 1.90 bits per heavy atom. The smallest absolute Gasteiger partial charge is 0.124 e. The van der Waals surface area contributed by atoms with Crippen LogP contribution in [0.2, 0.25) is 5.02 Å². The summed E-state index contributed by atoms with van der Waals surface area (Å²) in [6, 6.07) is 4.70. The van der Waals surface area contributed by atoms with Crippen LogP contribution >= 0.6 is 11.6 Å². The lowest BCUT2D eigenvalue weighted by molar-refractivity contribution is 0.205. The van der Waals surface area contributed by atoms with Crippen molar-refractivity contribution in [2.24, 2.45) is 17.3 Å². The van der Waals surface area contributed by atoms with Crippen LogP contribution in [-0.2, 0) is 6.42 Å². The Labute approximate surface area is 127 Å². The first-order valence-electron chi connectivity index (χ1n) is 7.39. The van der Waals surface area contributed by atoms with Crippen LogP contribution in [0, 0.1) is 23.1 Å². The van der Waals surface area contributed by atoms with Crippen LogP contribution in [0.4, 0.5) is 4.39 Å². The van der Waals surface area contributed by atoms with Crippen LogP contribution in [0.3, 0.4) is 0 Å². The summed E-state index contributed by atoms with van der Waals surface area (Å²) >= 11 is 6.16. The third-order valence-corrected chi connectivity index (χ3v) is 4.44. The largest absolute Gasteiger partial charge is 0.316 e. The summed E-state index contributed by atoms with van der Waals surface area (Å²) in [6.07, 6.45) is 0.856. The number of rotatable bonds is 7. The van der Waals surface area contributed by atoms with Gasteiger partial charge in [0.1, 0.15) is 5.82 Å². The monoisotopic (exact) mass is 299 g/mol. The first kappa shape index (κ1) is 17.5. The van der Waals surface area contributed by atoms with Gasteiger partial charge in [0.15, 0.2) is 0 Å². The third-order valence-electron chi connectivity index (χ3n) is 4.08. The van der Waals surface area contributed by atoms with Gasteiger partial charge < -0.3 is 5.32 Å². The van der Waals surface area contributed by atoms with Crippen molar-refractivity contribution in [3.05, 3.63) is 34.6 Å². The zero-order valence-electron chi connectivity index (χ0n) is 13.3. The van der Waals surface area contributed by atoms with E-state index in [0.717, 1.165) is 25.1 Å². The van der Waals surface area contributed by atoms with Gasteiger partial charge in [-0.15, -0.1) is 0 Å². The van der Waals surface area contributed by atoms with Crippen molar-refractivity contribution in [3.63, 3.8) is 0 Å². The minimum Gasteiger partial charge on any atom is -0.316 e. The quantitative estimate of drug-likeness (QED) is 0.753. The standard InChI is InChI=1S/C17H27ClFN/c1-12(2)10-20-11-17(5,13(3)4)9-14-6-7-15(19)8-16(14)18/h6-8,12-13,20H,9-11H2,1-5H3. The fourth-order valence-corrected chi connectivity index (χ4v) is 2.45. The average Bonchev–Trinajstić information content (AvgIpc) is 2.32. The number of benzene rings is 1. The summed E-state index contributed by atoms with van der Waals surface area (Å²) in [4.78, 5) is 0. The first-order valence-corrected chi connectivity index (χ1v) is 7.77. The van der Waals surface area contributed by atoms with Gasteiger partial charge in [-0.25, -0.2) is 4.39 Å². The average molecular weight is 300 g/mol. The van der Waals surface area contributed by atoms with E-state index in [-0.39, 0.29) is 11.2 Å². The molecule has 0 saturated heterocycles. The Morgan fingerprint density at radius 3 is 2.40 bits per heavy atom. The Balaban J connectivity index is 2.80. The maximum atomic E-state index is 13.1. The van der Waals surface area contributed by atoms with Gasteiger partial charge in [0, 0.05) is 11.6 Å². The molecular formula is C17H27ClFN. The van der Waals surface area contributed by atoms with Crippen molar-refractivity contribution < 1.29 is 4.39 Å². The van der Waals surface area contributed by atoms with Gasteiger partial charge in [-0.2, -0.15) is 0 Å². The second-order valence-corrected chi connectivity index (χ2v) is 7.15. The van der Waals surface area contributed by atoms with Crippen LogP contribution in [0.15, 0.2) is 18.2 Å². The van der Waals surface area contributed by atoms with Crippen molar-refractivity contribution in [2.45, 2.75) is 41.0 Å². The summed E-state index contributed by atoms with van der Waals surface area (Å²) in [5.41, 5.74) is 1.13. The minimum atomic E-state index is -0.275. The van der Waals surface area contributed by atoms with Crippen molar-refractivity contribution in [2.75, 3.05) is 13.1 Å². The number of hydrogen-bond acceptors (Lipinski definition) is 1. The highest BCUT2D eigenvalue weighted by molar-refractivity contribution is 6.31. The van der Waals surface area contributed by atoms with E-state index in [2.05, 4.69) is 39.9 Å². The zero-order valence-corrected chi connectivity index (χ0v) is 14.0. The number of nitrogens with one attached hydrogen (secondary N) is 1. The van der Waals surface area contributed by atoms with Gasteiger partial charge in [-0.1, -0.05) is 52.3 Å². The molecular weight excluding hydrogens is 273 g/mol. The molecule has 1 aromatic rings. The minimum absolute atomic E-state index is 0.107. The summed E-state index contributed by atoms with van der Waals surface area (Å²) < 4.78 is 13.1. The molecule has 114 valence electrons. The van der Waals surface area contributed by atoms with E-state index in [9.17, 15) is 4.39 Å². The first-order chi connectivity index (χ1) is 9.24. The molecule has 0 aromatic heterocycles. The SMILES string of the molecule is CC(C)CNCC(C)(Cc1ccc(F)cc1Cl)C(C)C. The molecule has 0 aliphatic heterocycles. The molecule has 1 rings (SSSR count). The van der Waals surface area contributed by atoms with Crippen LogP contribution in [0.1, 0.15) is 40.2 Å². The fraction of sp³-hybridized carbons (Fsp3) is 0.647. The maximum Gasteiger partial charge on any atom is 0.124 e. The highest BCUT2D eigenvalue weighted by Crippen LogP contribution is 2.33. The van der Waals surface area contributed by atoms with Crippen LogP contribution in [-0.4, -0.2) is 13.1 Å². The van der Waals surface area contributed by atoms with Crippen LogP contribution in [0.25, 0.3) is 0 Å². The lowest BCUT2D eigenvalue weighted by atomic mass is 9.74. The molecule has 1 unspecified atom stereocenters. The molecule has 1 N–H and O–H groups in total. The predicted octanol–water partition coefficient (Wildman–Crippen LogP) is 4.93. The summed E-state index contributed by atoms with van der Waals surface area (Å²) in [6.45, 7) is 13.1. The molecule has 0 heterocycles. The number of hydrogen-bond donors (Lipinski definition) is 1. The maximum absolute atomic E-state index is 13.1. The van der Waals surface area contributed by atoms with Gasteiger partial charge >= 0.3 is 0 Å². The van der Waals surface area contributed by atoms with E-state index in [1.54, 1.807) is 6.07 Å². The normalized spacial score (nSPS) is 14.8. The van der Waals surface area contributed by atoms with E-state index in [1.807, 2.05) is 0 Å².